The first-order valence-corrected chi connectivity index (χ1v) is 6.16. The number of rotatable bonds is 3. The Morgan fingerprint density at radius 2 is 2.17 bits per heavy atom. The van der Waals surface area contributed by atoms with Gasteiger partial charge in [-0.05, 0) is 43.3 Å². The largest absolute Gasteiger partial charge is 0.384 e. The number of nitrogens with two attached hydrogens (primary N) is 1. The third kappa shape index (κ3) is 2.65. The molecule has 5 nitrogen and oxygen atoms in total. The molecule has 0 aliphatic rings. The minimum atomic E-state index is 0.0246. The summed E-state index contributed by atoms with van der Waals surface area (Å²) in [5.74, 6) is 0.0246. The lowest BCUT2D eigenvalue weighted by Gasteiger charge is -2.10. The third-order valence-corrected chi connectivity index (χ3v) is 3.28. The van der Waals surface area contributed by atoms with Gasteiger partial charge in [0.25, 0.3) is 0 Å². The predicted molar refractivity (Wildman–Crippen MR) is 70.9 cm³/mol. The summed E-state index contributed by atoms with van der Waals surface area (Å²) >= 11 is 1.39. The molecule has 2 aromatic heterocycles. The molecule has 0 aliphatic heterocycles. The molecule has 2 aromatic rings. The molecule has 2 heterocycles. The van der Waals surface area contributed by atoms with Crippen LogP contribution in [0.25, 0.3) is 0 Å². The second-order valence-corrected chi connectivity index (χ2v) is 4.83. The number of hydrogen-bond donors (Lipinski definition) is 2. The van der Waals surface area contributed by atoms with Gasteiger partial charge in [0.1, 0.15) is 22.2 Å². The zero-order valence-electron chi connectivity index (χ0n) is 10.1. The molecule has 0 aliphatic carbocycles. The molecule has 2 rings (SSSR count). The maximum Gasteiger partial charge on any atom is 0.125 e. The number of pyridine rings is 1. The molecule has 0 radical (unpaired) electrons. The van der Waals surface area contributed by atoms with Gasteiger partial charge in [-0.25, -0.2) is 15.0 Å². The Balaban J connectivity index is 2.46. The number of nitrogen functional groups attached to an aromatic ring is 1. The smallest absolute Gasteiger partial charge is 0.125 e. The van der Waals surface area contributed by atoms with E-state index in [-0.39, 0.29) is 5.84 Å². The van der Waals surface area contributed by atoms with Crippen LogP contribution >= 0.6 is 11.8 Å². The van der Waals surface area contributed by atoms with E-state index in [1.54, 1.807) is 12.3 Å². The molecular weight excluding hydrogens is 246 g/mol. The second-order valence-electron chi connectivity index (χ2n) is 3.82. The van der Waals surface area contributed by atoms with Crippen molar-refractivity contribution >= 4 is 17.6 Å². The van der Waals surface area contributed by atoms with Crippen molar-refractivity contribution in [2.75, 3.05) is 0 Å². The van der Waals surface area contributed by atoms with Crippen molar-refractivity contribution in [1.82, 2.24) is 15.0 Å². The minimum absolute atomic E-state index is 0.0246. The van der Waals surface area contributed by atoms with E-state index >= 15 is 0 Å². The molecule has 92 valence electrons. The predicted octanol–water partition coefficient (Wildman–Crippen LogP) is 1.92. The van der Waals surface area contributed by atoms with Gasteiger partial charge in [0.2, 0.25) is 0 Å². The van der Waals surface area contributed by atoms with Gasteiger partial charge in [-0.3, -0.25) is 5.41 Å². The zero-order chi connectivity index (χ0) is 13.1. The summed E-state index contributed by atoms with van der Waals surface area (Å²) in [4.78, 5) is 12.4. The fraction of sp³-hybridized carbons (Fsp3) is 0.167. The summed E-state index contributed by atoms with van der Waals surface area (Å²) in [6.07, 6.45) is 3.16. The molecule has 18 heavy (non-hydrogen) atoms. The highest BCUT2D eigenvalue weighted by atomic mass is 32.2. The Morgan fingerprint density at radius 3 is 2.78 bits per heavy atom. The first-order chi connectivity index (χ1) is 8.58. The topological polar surface area (TPSA) is 88.5 Å². The van der Waals surface area contributed by atoms with Crippen LogP contribution in [0.4, 0.5) is 0 Å². The van der Waals surface area contributed by atoms with Gasteiger partial charge < -0.3 is 5.73 Å². The lowest BCUT2D eigenvalue weighted by molar-refractivity contribution is 1.01. The van der Waals surface area contributed by atoms with Crippen LogP contribution in [0.3, 0.4) is 0 Å². The summed E-state index contributed by atoms with van der Waals surface area (Å²) < 4.78 is 0. The van der Waals surface area contributed by atoms with E-state index in [0.29, 0.717) is 10.6 Å². The average Bonchev–Trinajstić information content (AvgIpc) is 2.28. The van der Waals surface area contributed by atoms with Crippen molar-refractivity contribution in [3.63, 3.8) is 0 Å². The first kappa shape index (κ1) is 12.5. The average molecular weight is 259 g/mol. The maximum atomic E-state index is 7.65. The molecule has 0 fully saturated rings. The van der Waals surface area contributed by atoms with Crippen molar-refractivity contribution in [2.24, 2.45) is 5.73 Å². The molecule has 0 atom stereocenters. The van der Waals surface area contributed by atoms with Crippen LogP contribution < -0.4 is 5.73 Å². The van der Waals surface area contributed by atoms with E-state index in [9.17, 15) is 0 Å². The van der Waals surface area contributed by atoms with E-state index in [0.717, 1.165) is 16.3 Å². The van der Waals surface area contributed by atoms with Crippen LogP contribution in [0.1, 0.15) is 16.8 Å². The van der Waals surface area contributed by atoms with Crippen LogP contribution in [0.15, 0.2) is 34.7 Å². The van der Waals surface area contributed by atoms with Gasteiger partial charge in [0.05, 0.1) is 5.56 Å². The van der Waals surface area contributed by atoms with Crippen LogP contribution in [0.2, 0.25) is 0 Å². The first-order valence-electron chi connectivity index (χ1n) is 5.34. The van der Waals surface area contributed by atoms with E-state index in [1.165, 1.54) is 18.1 Å². The standard InChI is InChI=1S/C12H13N5S/c1-7-5-8(2)17-12(10(7)11(13)14)18-9-3-4-15-6-16-9/h3-6H,1-2H3,(H3,13,14). The Kier molecular flexibility index (Phi) is 3.57. The fourth-order valence-corrected chi connectivity index (χ4v) is 2.63. The Labute approximate surface area is 109 Å². The van der Waals surface area contributed by atoms with E-state index < -0.39 is 0 Å². The monoisotopic (exact) mass is 259 g/mol. The van der Waals surface area contributed by atoms with Gasteiger partial charge in [-0.15, -0.1) is 0 Å². The molecule has 0 aromatic carbocycles. The van der Waals surface area contributed by atoms with Gasteiger partial charge in [-0.1, -0.05) is 0 Å². The van der Waals surface area contributed by atoms with Crippen LogP contribution in [-0.2, 0) is 0 Å². The molecule has 0 unspecified atom stereocenters. The third-order valence-electron chi connectivity index (χ3n) is 2.34. The van der Waals surface area contributed by atoms with Crippen LogP contribution in [-0.4, -0.2) is 20.8 Å². The fourth-order valence-electron chi connectivity index (χ4n) is 1.64. The number of nitrogens with one attached hydrogen (secondary N) is 1. The molecule has 0 saturated carbocycles. The Bertz CT molecular complexity index is 583. The molecule has 0 amide bonds. The highest BCUT2D eigenvalue weighted by molar-refractivity contribution is 7.99. The number of nitrogens with zero attached hydrogens (tertiary/aromatic N) is 3. The SMILES string of the molecule is Cc1cc(C)c(C(=N)N)c(Sc2ccncn2)n1. The van der Waals surface area contributed by atoms with Crippen LogP contribution in [0.5, 0.6) is 0 Å². The lowest BCUT2D eigenvalue weighted by atomic mass is 10.1. The van der Waals surface area contributed by atoms with Crippen molar-refractivity contribution in [2.45, 2.75) is 23.9 Å². The van der Waals surface area contributed by atoms with Gasteiger partial charge in [0, 0.05) is 11.9 Å². The lowest BCUT2D eigenvalue weighted by Crippen LogP contribution is -2.15. The van der Waals surface area contributed by atoms with Crippen molar-refractivity contribution < 1.29 is 0 Å². The summed E-state index contributed by atoms with van der Waals surface area (Å²) in [5, 5.41) is 9.13. The van der Waals surface area contributed by atoms with Gasteiger partial charge in [0.15, 0.2) is 0 Å². The normalized spacial score (nSPS) is 10.3. The molecular formula is C12H13N5S. The molecule has 0 saturated heterocycles. The molecule has 0 bridgehead atoms. The van der Waals surface area contributed by atoms with E-state index in [2.05, 4.69) is 15.0 Å². The van der Waals surface area contributed by atoms with Crippen molar-refractivity contribution in [3.05, 3.63) is 41.5 Å². The van der Waals surface area contributed by atoms with Gasteiger partial charge >= 0.3 is 0 Å². The minimum Gasteiger partial charge on any atom is -0.384 e. The highest BCUT2D eigenvalue weighted by Gasteiger charge is 2.13. The molecule has 0 spiro atoms. The quantitative estimate of drug-likeness (QED) is 0.499. The number of aromatic nitrogens is 3. The summed E-state index contributed by atoms with van der Waals surface area (Å²) in [7, 11) is 0. The highest BCUT2D eigenvalue weighted by Crippen LogP contribution is 2.28. The van der Waals surface area contributed by atoms with Crippen molar-refractivity contribution in [1.29, 1.82) is 5.41 Å². The number of hydrogen-bond acceptors (Lipinski definition) is 5. The maximum absolute atomic E-state index is 7.65. The Hall–Kier alpha value is -1.95. The zero-order valence-corrected chi connectivity index (χ0v) is 11.0. The van der Waals surface area contributed by atoms with E-state index in [4.69, 9.17) is 11.1 Å². The molecule has 3 N–H and O–H groups in total. The number of amidine groups is 1. The summed E-state index contributed by atoms with van der Waals surface area (Å²) in [6, 6.07) is 3.72. The van der Waals surface area contributed by atoms with E-state index in [1.807, 2.05) is 19.9 Å². The second kappa shape index (κ2) is 5.14. The van der Waals surface area contributed by atoms with Crippen molar-refractivity contribution in [3.8, 4) is 0 Å². The summed E-state index contributed by atoms with van der Waals surface area (Å²) in [5.41, 5.74) is 8.13. The summed E-state index contributed by atoms with van der Waals surface area (Å²) in [6.45, 7) is 3.84. The van der Waals surface area contributed by atoms with Crippen LogP contribution in [0, 0.1) is 19.3 Å². The molecule has 6 heteroatoms. The Morgan fingerprint density at radius 1 is 1.39 bits per heavy atom. The van der Waals surface area contributed by atoms with Gasteiger partial charge in [-0.2, -0.15) is 0 Å². The number of aryl methyl sites for hydroxylation is 2.